The van der Waals surface area contributed by atoms with Crippen LogP contribution >= 0.6 is 11.6 Å². The second-order valence-corrected chi connectivity index (χ2v) is 6.18. The van der Waals surface area contributed by atoms with Crippen molar-refractivity contribution in [2.45, 2.75) is 38.3 Å². The number of hydrogen-bond donors (Lipinski definition) is 0. The first-order valence-corrected chi connectivity index (χ1v) is 7.70. The van der Waals surface area contributed by atoms with Crippen molar-refractivity contribution in [1.29, 1.82) is 0 Å². The number of hydrogen-bond acceptors (Lipinski definition) is 3. The molecule has 4 nitrogen and oxygen atoms in total. The van der Waals surface area contributed by atoms with Gasteiger partial charge in [0.05, 0.1) is 0 Å². The zero-order chi connectivity index (χ0) is 14.1. The Kier molecular flexibility index (Phi) is 3.94. The van der Waals surface area contributed by atoms with E-state index in [1.165, 1.54) is 25.8 Å². The summed E-state index contributed by atoms with van der Waals surface area (Å²) in [6.45, 7) is 5.07. The van der Waals surface area contributed by atoms with Crippen LogP contribution in [0.15, 0.2) is 18.2 Å². The molecule has 0 aromatic carbocycles. The Labute approximate surface area is 124 Å². The second kappa shape index (κ2) is 5.70. The molecule has 2 atom stereocenters. The molecule has 108 valence electrons. The van der Waals surface area contributed by atoms with E-state index >= 15 is 0 Å². The minimum atomic E-state index is 0.00484. The van der Waals surface area contributed by atoms with E-state index in [9.17, 15) is 4.79 Å². The third-order valence-electron chi connectivity index (χ3n) is 4.38. The topological polar surface area (TPSA) is 36.4 Å². The van der Waals surface area contributed by atoms with Crippen molar-refractivity contribution in [3.05, 3.63) is 29.0 Å². The molecular weight excluding hydrogens is 274 g/mol. The van der Waals surface area contributed by atoms with Crippen LogP contribution < -0.4 is 0 Å². The zero-order valence-corrected chi connectivity index (χ0v) is 12.5. The molecule has 2 unspecified atom stereocenters. The molecular formula is C15H20ClN3O. The first kappa shape index (κ1) is 13.8. The molecule has 3 rings (SSSR count). The first-order valence-electron chi connectivity index (χ1n) is 7.33. The van der Waals surface area contributed by atoms with Crippen molar-refractivity contribution in [3.63, 3.8) is 0 Å². The van der Waals surface area contributed by atoms with Crippen molar-refractivity contribution in [2.75, 3.05) is 19.6 Å². The van der Waals surface area contributed by atoms with Crippen LogP contribution in [0.25, 0.3) is 0 Å². The highest BCUT2D eigenvalue weighted by atomic mass is 35.5. The summed E-state index contributed by atoms with van der Waals surface area (Å²) in [6, 6.07) is 5.97. The molecule has 0 bridgehead atoms. The normalized spacial score (nSPS) is 27.2. The Morgan fingerprint density at radius 2 is 2.20 bits per heavy atom. The smallest absolute Gasteiger partial charge is 0.272 e. The Bertz CT molecular complexity index is 508. The van der Waals surface area contributed by atoms with Gasteiger partial charge in [0.15, 0.2) is 0 Å². The maximum Gasteiger partial charge on any atom is 0.272 e. The van der Waals surface area contributed by atoms with Crippen molar-refractivity contribution in [2.24, 2.45) is 0 Å². The SMILES string of the molecule is CC1CN2CCCCC2CN1C(=O)c1cccc(Cl)n1. The Hall–Kier alpha value is -1.13. The number of rotatable bonds is 1. The summed E-state index contributed by atoms with van der Waals surface area (Å²) in [4.78, 5) is 21.3. The fourth-order valence-corrected chi connectivity index (χ4v) is 3.47. The highest BCUT2D eigenvalue weighted by Gasteiger charge is 2.35. The van der Waals surface area contributed by atoms with E-state index in [1.54, 1.807) is 18.2 Å². The van der Waals surface area contributed by atoms with E-state index in [0.29, 0.717) is 16.9 Å². The molecule has 2 fully saturated rings. The van der Waals surface area contributed by atoms with Crippen molar-refractivity contribution < 1.29 is 4.79 Å². The summed E-state index contributed by atoms with van der Waals surface area (Å²) in [6.07, 6.45) is 3.75. The summed E-state index contributed by atoms with van der Waals surface area (Å²) >= 11 is 5.88. The minimum absolute atomic E-state index is 0.00484. The van der Waals surface area contributed by atoms with E-state index in [-0.39, 0.29) is 11.9 Å². The van der Waals surface area contributed by atoms with Gasteiger partial charge in [-0.1, -0.05) is 24.1 Å². The van der Waals surface area contributed by atoms with Crippen LogP contribution in [0.2, 0.25) is 5.15 Å². The van der Waals surface area contributed by atoms with Crippen LogP contribution in [-0.2, 0) is 0 Å². The van der Waals surface area contributed by atoms with E-state index in [2.05, 4.69) is 16.8 Å². The summed E-state index contributed by atoms with van der Waals surface area (Å²) in [5.41, 5.74) is 0.452. The Morgan fingerprint density at radius 1 is 1.35 bits per heavy atom. The number of aromatic nitrogens is 1. The molecule has 0 saturated carbocycles. The van der Waals surface area contributed by atoms with Gasteiger partial charge in [-0.25, -0.2) is 4.98 Å². The van der Waals surface area contributed by atoms with E-state index in [0.717, 1.165) is 13.1 Å². The van der Waals surface area contributed by atoms with Crippen LogP contribution in [0.1, 0.15) is 36.7 Å². The number of piperazine rings is 1. The summed E-state index contributed by atoms with van der Waals surface area (Å²) in [7, 11) is 0. The first-order chi connectivity index (χ1) is 9.65. The molecule has 2 aliphatic rings. The summed E-state index contributed by atoms with van der Waals surface area (Å²) in [5.74, 6) is 0.00484. The molecule has 1 aromatic heterocycles. The molecule has 3 heterocycles. The number of amides is 1. The lowest BCUT2D eigenvalue weighted by Crippen LogP contribution is -2.60. The third kappa shape index (κ3) is 2.67. The predicted molar refractivity (Wildman–Crippen MR) is 79.0 cm³/mol. The average Bonchev–Trinajstić information content (AvgIpc) is 2.46. The molecule has 1 amide bonds. The lowest BCUT2D eigenvalue weighted by molar-refractivity contribution is 0.0148. The van der Waals surface area contributed by atoms with Crippen LogP contribution in [0.5, 0.6) is 0 Å². The van der Waals surface area contributed by atoms with Gasteiger partial charge in [0, 0.05) is 25.2 Å². The molecule has 0 spiro atoms. The molecule has 0 aliphatic carbocycles. The zero-order valence-electron chi connectivity index (χ0n) is 11.8. The maximum absolute atomic E-state index is 12.6. The summed E-state index contributed by atoms with van der Waals surface area (Å²) < 4.78 is 0. The largest absolute Gasteiger partial charge is 0.332 e. The standard InChI is InChI=1S/C15H20ClN3O/c1-11-9-18-8-3-2-5-12(18)10-19(11)15(20)13-6-4-7-14(16)17-13/h4,6-7,11-12H,2-3,5,8-10H2,1H3. The number of pyridine rings is 1. The molecule has 0 radical (unpaired) electrons. The van der Waals surface area contributed by atoms with Gasteiger partial charge < -0.3 is 4.90 Å². The second-order valence-electron chi connectivity index (χ2n) is 5.80. The monoisotopic (exact) mass is 293 g/mol. The summed E-state index contributed by atoms with van der Waals surface area (Å²) in [5, 5.41) is 0.375. The number of piperidine rings is 1. The number of carbonyl (C=O) groups is 1. The van der Waals surface area contributed by atoms with Crippen LogP contribution in [0, 0.1) is 0 Å². The van der Waals surface area contributed by atoms with Gasteiger partial charge in [-0.05, 0) is 38.4 Å². The number of carbonyl (C=O) groups excluding carboxylic acids is 1. The maximum atomic E-state index is 12.6. The van der Waals surface area contributed by atoms with Crippen molar-refractivity contribution in [1.82, 2.24) is 14.8 Å². The van der Waals surface area contributed by atoms with Gasteiger partial charge in [0.25, 0.3) is 5.91 Å². The molecule has 0 N–H and O–H groups in total. The van der Waals surface area contributed by atoms with Crippen LogP contribution in [0.4, 0.5) is 0 Å². The molecule has 2 aliphatic heterocycles. The van der Waals surface area contributed by atoms with Crippen molar-refractivity contribution >= 4 is 17.5 Å². The molecule has 5 heteroatoms. The van der Waals surface area contributed by atoms with Gasteiger partial charge in [-0.2, -0.15) is 0 Å². The fourth-order valence-electron chi connectivity index (χ4n) is 3.31. The fraction of sp³-hybridized carbons (Fsp3) is 0.600. The van der Waals surface area contributed by atoms with Crippen molar-refractivity contribution in [3.8, 4) is 0 Å². The number of nitrogens with zero attached hydrogens (tertiary/aromatic N) is 3. The van der Waals surface area contributed by atoms with Crippen LogP contribution in [-0.4, -0.2) is 52.4 Å². The van der Waals surface area contributed by atoms with Crippen LogP contribution in [0.3, 0.4) is 0 Å². The van der Waals surface area contributed by atoms with Gasteiger partial charge in [-0.3, -0.25) is 9.69 Å². The highest BCUT2D eigenvalue weighted by Crippen LogP contribution is 2.25. The molecule has 1 aromatic rings. The minimum Gasteiger partial charge on any atom is -0.332 e. The Morgan fingerprint density at radius 3 is 3.00 bits per heavy atom. The van der Waals surface area contributed by atoms with Gasteiger partial charge >= 0.3 is 0 Å². The number of fused-ring (bicyclic) bond motifs is 1. The van der Waals surface area contributed by atoms with E-state index in [4.69, 9.17) is 11.6 Å². The third-order valence-corrected chi connectivity index (χ3v) is 4.59. The van der Waals surface area contributed by atoms with Gasteiger partial charge in [0.1, 0.15) is 10.8 Å². The quantitative estimate of drug-likeness (QED) is 0.746. The Balaban J connectivity index is 1.77. The lowest BCUT2D eigenvalue weighted by atomic mass is 9.97. The lowest BCUT2D eigenvalue weighted by Gasteiger charge is -2.47. The van der Waals surface area contributed by atoms with E-state index in [1.807, 2.05) is 4.90 Å². The van der Waals surface area contributed by atoms with E-state index < -0.39 is 0 Å². The highest BCUT2D eigenvalue weighted by molar-refractivity contribution is 6.29. The average molecular weight is 294 g/mol. The predicted octanol–water partition coefficient (Wildman–Crippen LogP) is 2.43. The molecule has 2 saturated heterocycles. The van der Waals surface area contributed by atoms with Gasteiger partial charge in [0.2, 0.25) is 0 Å². The van der Waals surface area contributed by atoms with Gasteiger partial charge in [-0.15, -0.1) is 0 Å². The molecule has 20 heavy (non-hydrogen) atoms. The number of halogens is 1.